The smallest absolute Gasteiger partial charge is 0.240 e. The number of pyridine rings is 1. The minimum atomic E-state index is -1.12. The zero-order valence-electron chi connectivity index (χ0n) is 26.9. The van der Waals surface area contributed by atoms with E-state index in [4.69, 9.17) is 15.2 Å². The van der Waals surface area contributed by atoms with E-state index in [1.807, 2.05) is 135 Å². The van der Waals surface area contributed by atoms with Gasteiger partial charge in [-0.05, 0) is 42.2 Å². The zero-order valence-corrected chi connectivity index (χ0v) is 26.9. The first-order valence-electron chi connectivity index (χ1n) is 16.0. The topological polar surface area (TPSA) is 107 Å². The maximum atomic E-state index is 14.1. The Morgan fingerprint density at radius 2 is 1.30 bits per heavy atom. The summed E-state index contributed by atoms with van der Waals surface area (Å²) in [6.45, 7) is 4.94. The van der Waals surface area contributed by atoms with E-state index in [1.54, 1.807) is 11.1 Å². The molecule has 4 aromatic carbocycles. The first-order valence-corrected chi connectivity index (χ1v) is 16.0. The van der Waals surface area contributed by atoms with Crippen molar-refractivity contribution < 1.29 is 19.1 Å². The molecule has 0 bridgehead atoms. The van der Waals surface area contributed by atoms with Gasteiger partial charge in [-0.15, -0.1) is 0 Å². The normalized spacial score (nSPS) is 12.2. The summed E-state index contributed by atoms with van der Waals surface area (Å²) >= 11 is 0. The van der Waals surface area contributed by atoms with Crippen molar-refractivity contribution >= 4 is 22.7 Å². The largest absolute Gasteiger partial charge is 0.351 e. The van der Waals surface area contributed by atoms with Crippen LogP contribution in [0.15, 0.2) is 128 Å². The number of nitrogens with zero attached hydrogens (tertiary/aromatic N) is 2. The van der Waals surface area contributed by atoms with E-state index in [-0.39, 0.29) is 31.3 Å². The molecule has 2 amide bonds. The molecular formula is C39H42N4O4. The molecule has 5 aromatic rings. The number of amides is 2. The van der Waals surface area contributed by atoms with Crippen molar-refractivity contribution in [3.8, 4) is 0 Å². The molecule has 1 heterocycles. The molecule has 5 rings (SSSR count). The van der Waals surface area contributed by atoms with Crippen molar-refractivity contribution in [2.45, 2.75) is 44.7 Å². The highest BCUT2D eigenvalue weighted by Crippen LogP contribution is 2.37. The molecule has 0 aliphatic rings. The van der Waals surface area contributed by atoms with Gasteiger partial charge in [-0.3, -0.25) is 14.6 Å². The van der Waals surface area contributed by atoms with Gasteiger partial charge in [0.15, 0.2) is 6.29 Å². The SMILES string of the molecule is CCOC(CN(Cc1cccc2cccnc12)C(=O)[C@@H](N)CC(=O)NC(c1ccccc1)(c1ccccc1)c1ccccc1)OCC. The second-order valence-electron chi connectivity index (χ2n) is 11.3. The van der Waals surface area contributed by atoms with Crippen LogP contribution in [0.1, 0.15) is 42.5 Å². The van der Waals surface area contributed by atoms with E-state index in [1.165, 1.54) is 0 Å². The van der Waals surface area contributed by atoms with Crippen LogP contribution in [0.25, 0.3) is 10.9 Å². The quantitative estimate of drug-likeness (QED) is 0.112. The van der Waals surface area contributed by atoms with Crippen molar-refractivity contribution in [3.63, 3.8) is 0 Å². The van der Waals surface area contributed by atoms with Crippen LogP contribution < -0.4 is 11.1 Å². The fourth-order valence-corrected chi connectivity index (χ4v) is 6.00. The van der Waals surface area contributed by atoms with E-state index in [9.17, 15) is 9.59 Å². The van der Waals surface area contributed by atoms with E-state index in [0.717, 1.165) is 33.2 Å². The molecule has 1 aromatic heterocycles. The molecule has 0 fully saturated rings. The van der Waals surface area contributed by atoms with Crippen molar-refractivity contribution in [1.82, 2.24) is 15.2 Å². The molecule has 242 valence electrons. The lowest BCUT2D eigenvalue weighted by Crippen LogP contribution is -2.52. The Kier molecular flexibility index (Phi) is 11.5. The van der Waals surface area contributed by atoms with E-state index in [2.05, 4.69) is 10.3 Å². The van der Waals surface area contributed by atoms with E-state index >= 15 is 0 Å². The third-order valence-electron chi connectivity index (χ3n) is 8.13. The molecular weight excluding hydrogens is 588 g/mol. The summed E-state index contributed by atoms with van der Waals surface area (Å²) in [5.41, 5.74) is 9.87. The average Bonchev–Trinajstić information content (AvgIpc) is 3.11. The Morgan fingerprint density at radius 1 is 0.766 bits per heavy atom. The number of carbonyl (C=O) groups excluding carboxylic acids is 2. The van der Waals surface area contributed by atoms with Gasteiger partial charge in [-0.2, -0.15) is 0 Å². The summed E-state index contributed by atoms with van der Waals surface area (Å²) in [7, 11) is 0. The molecule has 0 saturated heterocycles. The summed E-state index contributed by atoms with van der Waals surface area (Å²) in [6.07, 6.45) is 0.848. The number of aromatic nitrogens is 1. The Morgan fingerprint density at radius 3 is 1.83 bits per heavy atom. The van der Waals surface area contributed by atoms with Gasteiger partial charge >= 0.3 is 0 Å². The third-order valence-corrected chi connectivity index (χ3v) is 8.13. The molecule has 1 atom stereocenters. The molecule has 0 spiro atoms. The molecule has 0 aliphatic carbocycles. The number of rotatable bonds is 15. The summed E-state index contributed by atoms with van der Waals surface area (Å²) in [5, 5.41) is 4.27. The third kappa shape index (κ3) is 7.92. The van der Waals surface area contributed by atoms with Gasteiger partial charge in [0.05, 0.1) is 24.5 Å². The number of benzene rings is 4. The summed E-state index contributed by atoms with van der Waals surface area (Å²) in [5.74, 6) is -0.748. The van der Waals surface area contributed by atoms with Crippen molar-refractivity contribution in [2.75, 3.05) is 19.8 Å². The Labute approximate surface area is 276 Å². The highest BCUT2D eigenvalue weighted by molar-refractivity contribution is 5.89. The van der Waals surface area contributed by atoms with Crippen LogP contribution >= 0.6 is 0 Å². The summed E-state index contributed by atoms with van der Waals surface area (Å²) in [4.78, 5) is 34.4. The molecule has 0 unspecified atom stereocenters. The molecule has 3 N–H and O–H groups in total. The highest BCUT2D eigenvalue weighted by Gasteiger charge is 2.38. The molecule has 0 aliphatic heterocycles. The Bertz CT molecular complexity index is 1630. The van der Waals surface area contributed by atoms with Crippen LogP contribution in [0.5, 0.6) is 0 Å². The van der Waals surface area contributed by atoms with Gasteiger partial charge in [0.25, 0.3) is 0 Å². The number of hydrogen-bond donors (Lipinski definition) is 2. The van der Waals surface area contributed by atoms with Crippen LogP contribution in [0, 0.1) is 0 Å². The summed E-state index contributed by atoms with van der Waals surface area (Å²) < 4.78 is 11.6. The monoisotopic (exact) mass is 630 g/mol. The minimum Gasteiger partial charge on any atom is -0.351 e. The van der Waals surface area contributed by atoms with E-state index < -0.39 is 17.9 Å². The highest BCUT2D eigenvalue weighted by atomic mass is 16.7. The number of nitrogens with two attached hydrogens (primary N) is 1. The molecule has 8 nitrogen and oxygen atoms in total. The lowest BCUT2D eigenvalue weighted by atomic mass is 9.77. The maximum Gasteiger partial charge on any atom is 0.240 e. The van der Waals surface area contributed by atoms with Crippen molar-refractivity contribution in [2.24, 2.45) is 5.73 Å². The van der Waals surface area contributed by atoms with Gasteiger partial charge in [-0.1, -0.05) is 115 Å². The Balaban J connectivity index is 1.45. The Hall–Kier alpha value is -4.89. The fraction of sp³-hybridized carbons (Fsp3) is 0.256. The number of carbonyl (C=O) groups is 2. The minimum absolute atomic E-state index is 0.140. The van der Waals surface area contributed by atoms with E-state index in [0.29, 0.717) is 13.2 Å². The van der Waals surface area contributed by atoms with Crippen LogP contribution in [0.3, 0.4) is 0 Å². The van der Waals surface area contributed by atoms with Gasteiger partial charge in [0, 0.05) is 31.3 Å². The molecule has 0 saturated carbocycles. The van der Waals surface area contributed by atoms with Gasteiger partial charge < -0.3 is 25.4 Å². The average molecular weight is 631 g/mol. The number of para-hydroxylation sites is 1. The maximum absolute atomic E-state index is 14.1. The van der Waals surface area contributed by atoms with Crippen molar-refractivity contribution in [3.05, 3.63) is 150 Å². The molecule has 8 heteroatoms. The summed E-state index contributed by atoms with van der Waals surface area (Å²) in [6, 6.07) is 38.1. The van der Waals surface area contributed by atoms with Crippen LogP contribution in [-0.2, 0) is 31.1 Å². The number of hydrogen-bond acceptors (Lipinski definition) is 6. The first kappa shape index (κ1) is 33.5. The van der Waals surface area contributed by atoms with Crippen LogP contribution in [0.2, 0.25) is 0 Å². The second kappa shape index (κ2) is 16.1. The predicted octanol–water partition coefficient (Wildman–Crippen LogP) is 5.79. The molecule has 0 radical (unpaired) electrons. The predicted molar refractivity (Wildman–Crippen MR) is 184 cm³/mol. The number of ether oxygens (including phenoxy) is 2. The standard InChI is InChI=1S/C39H42N4O4/c1-3-46-36(47-4-2)28-43(27-30-17-14-16-29-18-15-25-41-37(29)30)38(45)34(40)26-35(44)42-39(31-19-8-5-9-20-31,32-21-10-6-11-22-32)33-23-12-7-13-24-33/h5-25,34,36H,3-4,26-28,40H2,1-2H3,(H,42,44)/t34-/m0/s1. The number of fused-ring (bicyclic) bond motifs is 1. The first-order chi connectivity index (χ1) is 23.0. The second-order valence-corrected chi connectivity index (χ2v) is 11.3. The van der Waals surface area contributed by atoms with Gasteiger partial charge in [0.1, 0.15) is 5.54 Å². The zero-order chi connectivity index (χ0) is 33.1. The van der Waals surface area contributed by atoms with Crippen molar-refractivity contribution in [1.29, 1.82) is 0 Å². The lowest BCUT2D eigenvalue weighted by Gasteiger charge is -2.37. The van der Waals surface area contributed by atoms with Gasteiger partial charge in [-0.25, -0.2) is 0 Å². The van der Waals surface area contributed by atoms with Gasteiger partial charge in [0.2, 0.25) is 11.8 Å². The van der Waals surface area contributed by atoms with Crippen LogP contribution in [0.4, 0.5) is 0 Å². The fourth-order valence-electron chi connectivity index (χ4n) is 6.00. The van der Waals surface area contributed by atoms with Crippen LogP contribution in [-0.4, -0.2) is 53.8 Å². The number of nitrogens with one attached hydrogen (secondary N) is 1. The lowest BCUT2D eigenvalue weighted by molar-refractivity contribution is -0.160. The molecule has 47 heavy (non-hydrogen) atoms.